The van der Waals surface area contributed by atoms with Gasteiger partial charge in [0.15, 0.2) is 5.11 Å². The van der Waals surface area contributed by atoms with Crippen molar-refractivity contribution in [2.24, 2.45) is 0 Å². The zero-order valence-electron chi connectivity index (χ0n) is 19.7. The van der Waals surface area contributed by atoms with Crippen molar-refractivity contribution >= 4 is 56.4 Å². The summed E-state index contributed by atoms with van der Waals surface area (Å²) in [4.78, 5) is 25.5. The quantitative estimate of drug-likeness (QED) is 0.211. The molecule has 4 aromatic carbocycles. The number of thiocarbonyl (C=S) groups is 1. The maximum atomic E-state index is 13.0. The number of hydrogen-bond acceptors (Lipinski definition) is 4. The summed E-state index contributed by atoms with van der Waals surface area (Å²) in [5.74, 6) is -0.157. The molecule has 186 valence electrons. The Morgan fingerprint density at radius 2 is 1.43 bits per heavy atom. The molecule has 0 bridgehead atoms. The molecule has 8 heteroatoms. The lowest BCUT2D eigenvalue weighted by molar-refractivity contribution is 0.0972. The van der Waals surface area contributed by atoms with Crippen LogP contribution in [-0.4, -0.2) is 23.5 Å². The monoisotopic (exact) mass is 573 g/mol. The second-order valence-corrected chi connectivity index (χ2v) is 9.36. The first-order chi connectivity index (χ1) is 18.0. The summed E-state index contributed by atoms with van der Waals surface area (Å²) in [5.41, 5.74) is 3.27. The number of carbonyl (C=O) groups is 2. The van der Waals surface area contributed by atoms with E-state index in [1.165, 1.54) is 0 Å². The van der Waals surface area contributed by atoms with E-state index in [0.29, 0.717) is 34.9 Å². The third kappa shape index (κ3) is 7.73. The molecule has 0 atom stereocenters. The van der Waals surface area contributed by atoms with Gasteiger partial charge in [0.25, 0.3) is 11.8 Å². The molecule has 0 heterocycles. The van der Waals surface area contributed by atoms with E-state index in [0.717, 1.165) is 16.5 Å². The number of benzene rings is 4. The molecule has 0 aliphatic rings. The van der Waals surface area contributed by atoms with Crippen LogP contribution in [0.1, 0.15) is 26.3 Å². The lowest BCUT2D eigenvalue weighted by atomic mass is 10.1. The number of rotatable bonds is 8. The van der Waals surface area contributed by atoms with Gasteiger partial charge in [0.05, 0.1) is 12.2 Å². The summed E-state index contributed by atoms with van der Waals surface area (Å²) in [7, 11) is 0. The van der Waals surface area contributed by atoms with Crippen LogP contribution >= 0.6 is 28.1 Å². The van der Waals surface area contributed by atoms with E-state index in [1.807, 2.05) is 42.5 Å². The molecule has 0 spiro atoms. The third-order valence-corrected chi connectivity index (χ3v) is 6.02. The fraction of sp³-hybridized carbons (Fsp3) is 0.0690. The topological polar surface area (TPSA) is 79.5 Å². The number of hydrogen-bond donors (Lipinski definition) is 3. The van der Waals surface area contributed by atoms with Crippen molar-refractivity contribution in [3.05, 3.63) is 124 Å². The van der Waals surface area contributed by atoms with Gasteiger partial charge in [-0.25, -0.2) is 0 Å². The van der Waals surface area contributed by atoms with Gasteiger partial charge in [0.2, 0.25) is 0 Å². The van der Waals surface area contributed by atoms with Gasteiger partial charge in [0.1, 0.15) is 5.75 Å². The van der Waals surface area contributed by atoms with Crippen molar-refractivity contribution in [3.8, 4) is 5.75 Å². The molecule has 0 saturated heterocycles. The molecule has 4 rings (SSSR count). The first kappa shape index (κ1) is 26.1. The Balaban J connectivity index is 1.36. The molecule has 37 heavy (non-hydrogen) atoms. The minimum Gasteiger partial charge on any atom is -0.492 e. The Labute approximate surface area is 229 Å². The maximum Gasteiger partial charge on any atom is 0.261 e. The van der Waals surface area contributed by atoms with Gasteiger partial charge in [0, 0.05) is 27.8 Å². The zero-order chi connectivity index (χ0) is 26.0. The Kier molecular flexibility index (Phi) is 9.02. The predicted molar refractivity (Wildman–Crippen MR) is 154 cm³/mol. The normalized spacial score (nSPS) is 10.3. The van der Waals surface area contributed by atoms with Crippen molar-refractivity contribution in [3.63, 3.8) is 0 Å². The molecule has 3 N–H and O–H groups in total. The van der Waals surface area contributed by atoms with Crippen molar-refractivity contribution in [1.29, 1.82) is 0 Å². The third-order valence-electron chi connectivity index (χ3n) is 5.32. The van der Waals surface area contributed by atoms with Crippen LogP contribution in [0.15, 0.2) is 108 Å². The van der Waals surface area contributed by atoms with Crippen molar-refractivity contribution in [2.45, 2.75) is 6.42 Å². The van der Waals surface area contributed by atoms with E-state index >= 15 is 0 Å². The number of nitrogens with one attached hydrogen (secondary N) is 3. The van der Waals surface area contributed by atoms with Crippen molar-refractivity contribution in [2.75, 3.05) is 17.2 Å². The first-order valence-corrected chi connectivity index (χ1v) is 12.7. The average molecular weight is 575 g/mol. The number of carbonyl (C=O) groups excluding carboxylic acids is 2. The Bertz CT molecular complexity index is 1400. The van der Waals surface area contributed by atoms with Crippen molar-refractivity contribution < 1.29 is 14.3 Å². The lowest BCUT2D eigenvalue weighted by Gasteiger charge is -2.14. The minimum absolute atomic E-state index is 0.117. The molecule has 0 aliphatic carbocycles. The smallest absolute Gasteiger partial charge is 0.261 e. The molecule has 4 aromatic rings. The van der Waals surface area contributed by atoms with Gasteiger partial charge >= 0.3 is 0 Å². The molecular formula is C29H24BrN3O3S. The fourth-order valence-corrected chi connectivity index (χ4v) is 4.10. The first-order valence-electron chi connectivity index (χ1n) is 11.5. The molecular weight excluding hydrogens is 550 g/mol. The largest absolute Gasteiger partial charge is 0.492 e. The highest BCUT2D eigenvalue weighted by Crippen LogP contribution is 2.24. The summed E-state index contributed by atoms with van der Waals surface area (Å²) in [6.45, 7) is 0.427. The van der Waals surface area contributed by atoms with E-state index in [-0.39, 0.29) is 11.0 Å². The van der Waals surface area contributed by atoms with E-state index in [9.17, 15) is 9.59 Å². The van der Waals surface area contributed by atoms with Crippen LogP contribution in [0.25, 0.3) is 0 Å². The van der Waals surface area contributed by atoms with Gasteiger partial charge in [-0.2, -0.15) is 0 Å². The minimum atomic E-state index is -0.401. The molecule has 2 amide bonds. The lowest BCUT2D eigenvalue weighted by Crippen LogP contribution is -2.34. The van der Waals surface area contributed by atoms with Crippen LogP contribution in [-0.2, 0) is 6.42 Å². The fourth-order valence-electron chi connectivity index (χ4n) is 3.53. The van der Waals surface area contributed by atoms with Gasteiger partial charge in [-0.15, -0.1) is 0 Å². The average Bonchev–Trinajstić information content (AvgIpc) is 2.90. The number of anilines is 2. The van der Waals surface area contributed by atoms with Gasteiger partial charge in [-0.05, 0) is 66.3 Å². The van der Waals surface area contributed by atoms with E-state index < -0.39 is 5.91 Å². The van der Waals surface area contributed by atoms with Gasteiger partial charge < -0.3 is 15.4 Å². The Morgan fingerprint density at radius 3 is 2.16 bits per heavy atom. The molecule has 6 nitrogen and oxygen atoms in total. The highest BCUT2D eigenvalue weighted by atomic mass is 79.9. The van der Waals surface area contributed by atoms with Crippen molar-refractivity contribution in [1.82, 2.24) is 5.32 Å². The molecule has 0 fully saturated rings. The maximum absolute atomic E-state index is 13.0. The second kappa shape index (κ2) is 12.8. The number of ether oxygens (including phenoxy) is 1. The van der Waals surface area contributed by atoms with E-state index in [1.54, 1.807) is 60.7 Å². The van der Waals surface area contributed by atoms with Crippen LogP contribution in [0.4, 0.5) is 11.4 Å². The summed E-state index contributed by atoms with van der Waals surface area (Å²) in [6, 6.07) is 31.3. The van der Waals surface area contributed by atoms with Gasteiger partial charge in [-0.1, -0.05) is 70.5 Å². The highest BCUT2D eigenvalue weighted by Gasteiger charge is 2.15. The predicted octanol–water partition coefficient (Wildman–Crippen LogP) is 6.45. The molecule has 0 radical (unpaired) electrons. The molecule has 0 aromatic heterocycles. The summed E-state index contributed by atoms with van der Waals surface area (Å²) >= 11 is 8.78. The summed E-state index contributed by atoms with van der Waals surface area (Å²) in [5, 5.41) is 8.66. The van der Waals surface area contributed by atoms with Gasteiger partial charge in [-0.3, -0.25) is 14.9 Å². The standard InChI is InChI=1S/C29H24BrN3O3S/c30-22-14-15-26(36-17-16-20-8-3-1-4-9-20)25(18-22)28(35)33-29(37)32-24-13-7-12-23(19-24)31-27(34)21-10-5-2-6-11-21/h1-15,18-19H,16-17H2,(H,31,34)(H2,32,33,35,37). The Hall–Kier alpha value is -4.01. The molecule has 0 saturated carbocycles. The van der Waals surface area contributed by atoms with Crippen LogP contribution in [0, 0.1) is 0 Å². The SMILES string of the molecule is O=C(Nc1cccc(NC(=S)NC(=O)c2cc(Br)ccc2OCCc2ccccc2)c1)c1ccccc1. The van der Waals surface area contributed by atoms with E-state index in [4.69, 9.17) is 17.0 Å². The molecule has 0 unspecified atom stereocenters. The van der Waals surface area contributed by atoms with Crippen LogP contribution in [0.3, 0.4) is 0 Å². The highest BCUT2D eigenvalue weighted by molar-refractivity contribution is 9.10. The number of amides is 2. The van der Waals surface area contributed by atoms with Crippen LogP contribution in [0.2, 0.25) is 0 Å². The summed E-state index contributed by atoms with van der Waals surface area (Å²) in [6.07, 6.45) is 0.717. The summed E-state index contributed by atoms with van der Waals surface area (Å²) < 4.78 is 6.66. The molecule has 0 aliphatic heterocycles. The van der Waals surface area contributed by atoms with Crippen LogP contribution in [0.5, 0.6) is 5.75 Å². The van der Waals surface area contributed by atoms with E-state index in [2.05, 4.69) is 31.9 Å². The van der Waals surface area contributed by atoms with Crippen LogP contribution < -0.4 is 20.7 Å². The zero-order valence-corrected chi connectivity index (χ0v) is 22.1. The Morgan fingerprint density at radius 1 is 0.757 bits per heavy atom. The number of halogens is 1. The second-order valence-electron chi connectivity index (χ2n) is 8.03.